The molecule has 2 aromatic carbocycles. The van der Waals surface area contributed by atoms with E-state index in [1.54, 1.807) is 12.1 Å². The summed E-state index contributed by atoms with van der Waals surface area (Å²) in [7, 11) is 0. The fraction of sp³-hybridized carbons (Fsp3) is 0.333. The van der Waals surface area contributed by atoms with E-state index in [0.29, 0.717) is 11.5 Å². The summed E-state index contributed by atoms with van der Waals surface area (Å²) in [5.41, 5.74) is 1.94. The standard InChI is InChI=1S/C21H22FNO2/c1-17-15-18(5-2-3-10-23-11-13-24-14-12-23)8-9-21(17)25-20-7-4-6-19(22)16-20/h4,6-9,15-16H,3,10-14H2,1H3. The molecule has 0 saturated carbocycles. The number of aryl methyl sites for hydroxylation is 1. The molecule has 1 aliphatic rings. The van der Waals surface area contributed by atoms with Crippen molar-refractivity contribution in [3.63, 3.8) is 0 Å². The molecule has 1 saturated heterocycles. The van der Waals surface area contributed by atoms with Gasteiger partial charge in [-0.15, -0.1) is 0 Å². The van der Waals surface area contributed by atoms with Crippen LogP contribution in [0.4, 0.5) is 4.39 Å². The molecule has 1 heterocycles. The highest BCUT2D eigenvalue weighted by Crippen LogP contribution is 2.26. The number of nitrogens with zero attached hydrogens (tertiary/aromatic N) is 1. The fourth-order valence-corrected chi connectivity index (χ4v) is 2.70. The third-order valence-electron chi connectivity index (χ3n) is 4.09. The van der Waals surface area contributed by atoms with Gasteiger partial charge in [0.05, 0.1) is 13.2 Å². The zero-order valence-electron chi connectivity index (χ0n) is 14.4. The van der Waals surface area contributed by atoms with E-state index in [0.717, 1.165) is 50.4 Å². The molecule has 3 rings (SSSR count). The molecule has 2 aromatic rings. The molecule has 0 aromatic heterocycles. The van der Waals surface area contributed by atoms with E-state index in [4.69, 9.17) is 9.47 Å². The molecule has 0 bridgehead atoms. The van der Waals surface area contributed by atoms with Crippen LogP contribution in [0.2, 0.25) is 0 Å². The lowest BCUT2D eigenvalue weighted by Gasteiger charge is -2.25. The van der Waals surface area contributed by atoms with Gasteiger partial charge in [-0.3, -0.25) is 4.90 Å². The van der Waals surface area contributed by atoms with Crippen LogP contribution in [0.25, 0.3) is 0 Å². The largest absolute Gasteiger partial charge is 0.457 e. The molecular weight excluding hydrogens is 317 g/mol. The zero-order valence-corrected chi connectivity index (χ0v) is 14.4. The van der Waals surface area contributed by atoms with E-state index in [1.165, 1.54) is 12.1 Å². The SMILES string of the molecule is Cc1cc(C#CCCN2CCOCC2)ccc1Oc1cccc(F)c1. The molecule has 3 nitrogen and oxygen atoms in total. The third kappa shape index (κ3) is 5.32. The van der Waals surface area contributed by atoms with Gasteiger partial charge in [0.1, 0.15) is 17.3 Å². The van der Waals surface area contributed by atoms with E-state index in [-0.39, 0.29) is 5.82 Å². The van der Waals surface area contributed by atoms with Gasteiger partial charge in [-0.2, -0.15) is 0 Å². The minimum atomic E-state index is -0.307. The Morgan fingerprint density at radius 1 is 1.16 bits per heavy atom. The van der Waals surface area contributed by atoms with Crippen LogP contribution in [0.3, 0.4) is 0 Å². The van der Waals surface area contributed by atoms with Gasteiger partial charge in [0.25, 0.3) is 0 Å². The highest BCUT2D eigenvalue weighted by atomic mass is 19.1. The van der Waals surface area contributed by atoms with E-state index in [2.05, 4.69) is 16.7 Å². The summed E-state index contributed by atoms with van der Waals surface area (Å²) in [5.74, 6) is 7.33. The third-order valence-corrected chi connectivity index (χ3v) is 4.09. The van der Waals surface area contributed by atoms with Gasteiger partial charge in [-0.05, 0) is 42.8 Å². The maximum atomic E-state index is 13.2. The number of morpholine rings is 1. The summed E-state index contributed by atoms with van der Waals surface area (Å²) in [5, 5.41) is 0. The Balaban J connectivity index is 1.57. The van der Waals surface area contributed by atoms with Crippen molar-refractivity contribution < 1.29 is 13.9 Å². The van der Waals surface area contributed by atoms with Crippen LogP contribution < -0.4 is 4.74 Å². The van der Waals surface area contributed by atoms with Crippen LogP contribution in [-0.4, -0.2) is 37.7 Å². The lowest BCUT2D eigenvalue weighted by atomic mass is 10.1. The maximum absolute atomic E-state index is 13.2. The Hall–Kier alpha value is -2.35. The normalized spacial score (nSPS) is 14.6. The minimum Gasteiger partial charge on any atom is -0.457 e. The number of hydrogen-bond acceptors (Lipinski definition) is 3. The van der Waals surface area contributed by atoms with Gasteiger partial charge in [0, 0.05) is 37.7 Å². The zero-order chi connectivity index (χ0) is 17.5. The van der Waals surface area contributed by atoms with Crippen LogP contribution in [0.15, 0.2) is 42.5 Å². The predicted molar refractivity (Wildman–Crippen MR) is 96.4 cm³/mol. The first-order valence-electron chi connectivity index (χ1n) is 8.54. The van der Waals surface area contributed by atoms with E-state index < -0.39 is 0 Å². The summed E-state index contributed by atoms with van der Waals surface area (Å²) < 4.78 is 24.3. The van der Waals surface area contributed by atoms with Crippen LogP contribution in [0.1, 0.15) is 17.5 Å². The molecule has 4 heteroatoms. The molecule has 0 aliphatic carbocycles. The molecule has 0 atom stereocenters. The smallest absolute Gasteiger partial charge is 0.130 e. The summed E-state index contributed by atoms with van der Waals surface area (Å²) in [6.45, 7) is 6.57. The van der Waals surface area contributed by atoms with E-state index >= 15 is 0 Å². The number of hydrogen-bond donors (Lipinski definition) is 0. The number of ether oxygens (including phenoxy) is 2. The van der Waals surface area contributed by atoms with Crippen molar-refractivity contribution in [3.05, 3.63) is 59.4 Å². The van der Waals surface area contributed by atoms with Gasteiger partial charge in [-0.1, -0.05) is 17.9 Å². The first-order valence-corrected chi connectivity index (χ1v) is 8.54. The summed E-state index contributed by atoms with van der Waals surface area (Å²) in [6.07, 6.45) is 0.848. The first kappa shape index (κ1) is 17.5. The second-order valence-corrected chi connectivity index (χ2v) is 6.05. The molecule has 0 amide bonds. The van der Waals surface area contributed by atoms with E-state index in [9.17, 15) is 4.39 Å². The molecule has 1 aliphatic heterocycles. The van der Waals surface area contributed by atoms with Crippen LogP contribution in [0, 0.1) is 24.6 Å². The van der Waals surface area contributed by atoms with Crippen molar-refractivity contribution in [1.82, 2.24) is 4.90 Å². The average Bonchev–Trinajstić information content (AvgIpc) is 2.62. The van der Waals surface area contributed by atoms with E-state index in [1.807, 2.05) is 25.1 Å². The molecule has 0 N–H and O–H groups in total. The Morgan fingerprint density at radius 2 is 2.00 bits per heavy atom. The minimum absolute atomic E-state index is 0.307. The Labute approximate surface area is 148 Å². The maximum Gasteiger partial charge on any atom is 0.130 e. The van der Waals surface area contributed by atoms with Crippen molar-refractivity contribution in [2.45, 2.75) is 13.3 Å². The molecule has 130 valence electrons. The number of halogens is 1. The summed E-state index contributed by atoms with van der Waals surface area (Å²) >= 11 is 0. The lowest BCUT2D eigenvalue weighted by Crippen LogP contribution is -2.36. The molecule has 0 unspecified atom stereocenters. The van der Waals surface area contributed by atoms with Gasteiger partial charge in [0.15, 0.2) is 0 Å². The van der Waals surface area contributed by atoms with Crippen molar-refractivity contribution >= 4 is 0 Å². The fourth-order valence-electron chi connectivity index (χ4n) is 2.70. The Morgan fingerprint density at radius 3 is 2.76 bits per heavy atom. The van der Waals surface area contributed by atoms with Gasteiger partial charge >= 0.3 is 0 Å². The molecule has 1 fully saturated rings. The predicted octanol–water partition coefficient (Wildman–Crippen LogP) is 4.00. The van der Waals surface area contributed by atoms with Crippen molar-refractivity contribution in [2.75, 3.05) is 32.8 Å². The lowest BCUT2D eigenvalue weighted by molar-refractivity contribution is 0.0390. The van der Waals surface area contributed by atoms with Crippen LogP contribution >= 0.6 is 0 Å². The number of benzene rings is 2. The van der Waals surface area contributed by atoms with Gasteiger partial charge < -0.3 is 9.47 Å². The van der Waals surface area contributed by atoms with Gasteiger partial charge in [-0.25, -0.2) is 4.39 Å². The second-order valence-electron chi connectivity index (χ2n) is 6.05. The summed E-state index contributed by atoms with van der Waals surface area (Å²) in [6, 6.07) is 12.0. The molecule has 25 heavy (non-hydrogen) atoms. The molecule has 0 radical (unpaired) electrons. The molecular formula is C21H22FNO2. The highest BCUT2D eigenvalue weighted by Gasteiger charge is 2.08. The van der Waals surface area contributed by atoms with Crippen molar-refractivity contribution in [3.8, 4) is 23.3 Å². The molecule has 0 spiro atoms. The number of rotatable bonds is 4. The van der Waals surface area contributed by atoms with Crippen LogP contribution in [0.5, 0.6) is 11.5 Å². The van der Waals surface area contributed by atoms with Crippen molar-refractivity contribution in [2.24, 2.45) is 0 Å². The van der Waals surface area contributed by atoms with Crippen molar-refractivity contribution in [1.29, 1.82) is 0 Å². The monoisotopic (exact) mass is 339 g/mol. The summed E-state index contributed by atoms with van der Waals surface area (Å²) in [4.78, 5) is 2.37. The first-order chi connectivity index (χ1) is 12.2. The Bertz CT molecular complexity index is 773. The average molecular weight is 339 g/mol. The quantitative estimate of drug-likeness (QED) is 0.786. The highest BCUT2D eigenvalue weighted by molar-refractivity contribution is 5.45. The topological polar surface area (TPSA) is 21.7 Å². The van der Waals surface area contributed by atoms with Gasteiger partial charge in [0.2, 0.25) is 0 Å². The second kappa shape index (κ2) is 8.66. The van der Waals surface area contributed by atoms with Crippen LogP contribution in [-0.2, 0) is 4.74 Å². The Kier molecular flexibility index (Phi) is 6.05.